The minimum absolute atomic E-state index is 0.0433. The molecule has 1 saturated heterocycles. The molecule has 0 saturated carbocycles. The molecule has 0 bridgehead atoms. The summed E-state index contributed by atoms with van der Waals surface area (Å²) in [6.07, 6.45) is 4.63. The maximum absolute atomic E-state index is 12.2. The van der Waals surface area contributed by atoms with Crippen LogP contribution in [0.25, 0.3) is 0 Å². The van der Waals surface area contributed by atoms with Gasteiger partial charge >= 0.3 is 0 Å². The zero-order chi connectivity index (χ0) is 12.3. The van der Waals surface area contributed by atoms with Gasteiger partial charge in [0, 0.05) is 11.6 Å². The summed E-state index contributed by atoms with van der Waals surface area (Å²) in [4.78, 5) is 16.5. The Hall–Kier alpha value is -0.940. The van der Waals surface area contributed by atoms with Crippen LogP contribution in [0.1, 0.15) is 44.2 Å². The van der Waals surface area contributed by atoms with E-state index in [2.05, 4.69) is 22.5 Å². The fraction of sp³-hybridized carbons (Fsp3) is 0.667. The first-order valence-electron chi connectivity index (χ1n) is 6.11. The van der Waals surface area contributed by atoms with E-state index in [-0.39, 0.29) is 11.9 Å². The Morgan fingerprint density at radius 2 is 2.59 bits per heavy atom. The summed E-state index contributed by atoms with van der Waals surface area (Å²) < 4.78 is 0. The first kappa shape index (κ1) is 12.5. The van der Waals surface area contributed by atoms with E-state index < -0.39 is 5.54 Å². The summed E-state index contributed by atoms with van der Waals surface area (Å²) in [7, 11) is 0. The van der Waals surface area contributed by atoms with Crippen LogP contribution < -0.4 is 10.6 Å². The predicted octanol–water partition coefficient (Wildman–Crippen LogP) is 1.85. The Balaban J connectivity index is 2.02. The van der Waals surface area contributed by atoms with Crippen LogP contribution in [0.15, 0.2) is 11.6 Å². The average molecular weight is 253 g/mol. The molecule has 0 radical (unpaired) electrons. The highest BCUT2D eigenvalue weighted by atomic mass is 32.1. The van der Waals surface area contributed by atoms with Crippen LogP contribution in [-0.2, 0) is 4.79 Å². The van der Waals surface area contributed by atoms with Gasteiger partial charge in [0.15, 0.2) is 0 Å². The van der Waals surface area contributed by atoms with Gasteiger partial charge in [-0.2, -0.15) is 0 Å². The summed E-state index contributed by atoms with van der Waals surface area (Å²) in [6, 6.07) is 0.0433. The molecule has 0 aromatic carbocycles. The molecule has 1 fully saturated rings. The number of hydrogen-bond acceptors (Lipinski definition) is 4. The van der Waals surface area contributed by atoms with Crippen molar-refractivity contribution in [1.29, 1.82) is 0 Å². The topological polar surface area (TPSA) is 54.0 Å². The van der Waals surface area contributed by atoms with Crippen molar-refractivity contribution in [3.05, 3.63) is 16.6 Å². The molecule has 1 aromatic heterocycles. The van der Waals surface area contributed by atoms with Gasteiger partial charge in [0.1, 0.15) is 5.01 Å². The third-order valence-electron chi connectivity index (χ3n) is 3.33. The molecule has 2 N–H and O–H groups in total. The van der Waals surface area contributed by atoms with Gasteiger partial charge in [-0.3, -0.25) is 4.79 Å². The Bertz CT molecular complexity index is 371. The second kappa shape index (κ2) is 5.14. The van der Waals surface area contributed by atoms with E-state index in [1.165, 1.54) is 0 Å². The van der Waals surface area contributed by atoms with Gasteiger partial charge in [-0.25, -0.2) is 4.98 Å². The van der Waals surface area contributed by atoms with Crippen molar-refractivity contribution >= 4 is 17.2 Å². The lowest BCUT2D eigenvalue weighted by molar-refractivity contribution is -0.127. The smallest absolute Gasteiger partial charge is 0.240 e. The third kappa shape index (κ3) is 2.66. The van der Waals surface area contributed by atoms with E-state index in [1.807, 2.05) is 12.3 Å². The number of carbonyl (C=O) groups is 1. The second-order valence-corrected chi connectivity index (χ2v) is 5.59. The molecule has 1 amide bonds. The van der Waals surface area contributed by atoms with E-state index in [9.17, 15) is 4.79 Å². The number of rotatable bonds is 4. The molecule has 2 atom stereocenters. The Labute approximate surface area is 106 Å². The van der Waals surface area contributed by atoms with Gasteiger partial charge in [-0.1, -0.05) is 6.92 Å². The van der Waals surface area contributed by atoms with Crippen molar-refractivity contribution in [3.8, 4) is 0 Å². The molecule has 17 heavy (non-hydrogen) atoms. The summed E-state index contributed by atoms with van der Waals surface area (Å²) in [5.74, 6) is 0.0945. The second-order valence-electron chi connectivity index (χ2n) is 4.67. The molecule has 1 aliphatic heterocycles. The van der Waals surface area contributed by atoms with Gasteiger partial charge in [0.2, 0.25) is 5.91 Å². The fourth-order valence-corrected chi connectivity index (χ4v) is 2.92. The third-order valence-corrected chi connectivity index (χ3v) is 4.22. The standard InChI is InChI=1S/C12H19N3OS/c1-3-9(10-13-7-8-17-10)15-11(16)12(2)5-4-6-14-12/h7-9,14H,3-6H2,1-2H3,(H,15,16). The number of hydrogen-bond donors (Lipinski definition) is 2. The van der Waals surface area contributed by atoms with Crippen LogP contribution >= 0.6 is 11.3 Å². The van der Waals surface area contributed by atoms with Gasteiger partial charge in [0.25, 0.3) is 0 Å². The molecule has 1 aromatic rings. The minimum Gasteiger partial charge on any atom is -0.345 e. The highest BCUT2D eigenvalue weighted by Crippen LogP contribution is 2.23. The molecule has 94 valence electrons. The van der Waals surface area contributed by atoms with Crippen LogP contribution in [0, 0.1) is 0 Å². The lowest BCUT2D eigenvalue weighted by Gasteiger charge is -2.26. The quantitative estimate of drug-likeness (QED) is 0.861. The zero-order valence-electron chi connectivity index (χ0n) is 10.3. The van der Waals surface area contributed by atoms with Crippen molar-refractivity contribution < 1.29 is 4.79 Å². The molecular weight excluding hydrogens is 234 g/mol. The van der Waals surface area contributed by atoms with Crippen LogP contribution in [0.2, 0.25) is 0 Å². The maximum Gasteiger partial charge on any atom is 0.240 e. The van der Waals surface area contributed by atoms with Crippen LogP contribution in [0.4, 0.5) is 0 Å². The molecular formula is C12H19N3OS. The Kier molecular flexibility index (Phi) is 3.79. The number of amides is 1. The largest absolute Gasteiger partial charge is 0.345 e. The number of carbonyl (C=O) groups excluding carboxylic acids is 1. The van der Waals surface area contributed by atoms with Gasteiger partial charge in [-0.15, -0.1) is 11.3 Å². The molecule has 2 rings (SSSR count). The highest BCUT2D eigenvalue weighted by molar-refractivity contribution is 7.09. The molecule has 5 heteroatoms. The Morgan fingerprint density at radius 1 is 1.76 bits per heavy atom. The molecule has 2 heterocycles. The monoisotopic (exact) mass is 253 g/mol. The lowest BCUT2D eigenvalue weighted by atomic mass is 9.98. The fourth-order valence-electron chi connectivity index (χ4n) is 2.15. The highest BCUT2D eigenvalue weighted by Gasteiger charge is 2.36. The summed E-state index contributed by atoms with van der Waals surface area (Å²) in [5.41, 5.74) is -0.398. The predicted molar refractivity (Wildman–Crippen MR) is 68.9 cm³/mol. The molecule has 2 unspecified atom stereocenters. The zero-order valence-corrected chi connectivity index (χ0v) is 11.1. The lowest BCUT2D eigenvalue weighted by Crippen LogP contribution is -2.51. The maximum atomic E-state index is 12.2. The van der Waals surface area contributed by atoms with Crippen molar-refractivity contribution in [2.45, 2.75) is 44.7 Å². The van der Waals surface area contributed by atoms with E-state index in [4.69, 9.17) is 0 Å². The van der Waals surface area contributed by atoms with Crippen molar-refractivity contribution in [3.63, 3.8) is 0 Å². The molecule has 1 aliphatic rings. The minimum atomic E-state index is -0.398. The van der Waals surface area contributed by atoms with Crippen molar-refractivity contribution in [2.24, 2.45) is 0 Å². The van der Waals surface area contributed by atoms with Crippen molar-refractivity contribution in [2.75, 3.05) is 6.54 Å². The van der Waals surface area contributed by atoms with E-state index in [1.54, 1.807) is 17.5 Å². The van der Waals surface area contributed by atoms with Crippen molar-refractivity contribution in [1.82, 2.24) is 15.6 Å². The normalized spacial score (nSPS) is 25.8. The number of thiazole rings is 1. The number of nitrogens with zero attached hydrogens (tertiary/aromatic N) is 1. The first-order valence-corrected chi connectivity index (χ1v) is 6.99. The van der Waals surface area contributed by atoms with Crippen LogP contribution in [-0.4, -0.2) is 23.0 Å². The summed E-state index contributed by atoms with van der Waals surface area (Å²) in [5, 5.41) is 9.31. The van der Waals surface area contributed by atoms with Gasteiger partial charge in [0.05, 0.1) is 11.6 Å². The number of aromatic nitrogens is 1. The number of nitrogens with one attached hydrogen (secondary N) is 2. The molecule has 0 aliphatic carbocycles. The Morgan fingerprint density at radius 3 is 3.12 bits per heavy atom. The first-order chi connectivity index (χ1) is 8.15. The summed E-state index contributed by atoms with van der Waals surface area (Å²) >= 11 is 1.59. The van der Waals surface area contributed by atoms with Crippen LogP contribution in [0.3, 0.4) is 0 Å². The van der Waals surface area contributed by atoms with E-state index in [0.29, 0.717) is 0 Å². The SMILES string of the molecule is CCC(NC(=O)C1(C)CCCN1)c1nccs1. The van der Waals surface area contributed by atoms with Crippen LogP contribution in [0.5, 0.6) is 0 Å². The molecule has 4 nitrogen and oxygen atoms in total. The molecule has 0 spiro atoms. The van der Waals surface area contributed by atoms with E-state index >= 15 is 0 Å². The summed E-state index contributed by atoms with van der Waals surface area (Å²) in [6.45, 7) is 4.97. The van der Waals surface area contributed by atoms with Gasteiger partial charge in [-0.05, 0) is 32.7 Å². The van der Waals surface area contributed by atoms with E-state index in [0.717, 1.165) is 30.8 Å². The van der Waals surface area contributed by atoms with Gasteiger partial charge < -0.3 is 10.6 Å². The average Bonchev–Trinajstić information content (AvgIpc) is 2.97.